The highest BCUT2D eigenvalue weighted by atomic mass is 35.5. The third kappa shape index (κ3) is 5.27. The SMILES string of the molecule is COc1cnc2ccc(Cl)c(CN[C@@H]3CC[C@@H](NCc4cnc5c(n4)NC(=O)CO5)C[C@@H]3O)c2n1. The number of methoxy groups -OCH3 is 1. The number of benzene rings is 1. The molecule has 0 bridgehead atoms. The summed E-state index contributed by atoms with van der Waals surface area (Å²) in [6.45, 7) is 0.872. The number of fused-ring (bicyclic) bond motifs is 2. The number of hydrogen-bond donors (Lipinski definition) is 4. The van der Waals surface area contributed by atoms with Gasteiger partial charge in [-0.3, -0.25) is 4.79 Å². The van der Waals surface area contributed by atoms with Gasteiger partial charge < -0.3 is 30.5 Å². The van der Waals surface area contributed by atoms with Crippen molar-refractivity contribution in [2.24, 2.45) is 0 Å². The van der Waals surface area contributed by atoms with Gasteiger partial charge in [0, 0.05) is 35.8 Å². The molecule has 2 aliphatic rings. The van der Waals surface area contributed by atoms with Crippen molar-refractivity contribution in [2.75, 3.05) is 19.0 Å². The Balaban J connectivity index is 1.16. The summed E-state index contributed by atoms with van der Waals surface area (Å²) in [4.78, 5) is 29.0. The minimum atomic E-state index is -0.530. The summed E-state index contributed by atoms with van der Waals surface area (Å²) >= 11 is 6.46. The molecular formula is C23H26ClN7O4. The van der Waals surface area contributed by atoms with Crippen LogP contribution in [-0.4, -0.2) is 62.9 Å². The second-order valence-corrected chi connectivity index (χ2v) is 9.01. The van der Waals surface area contributed by atoms with Crippen LogP contribution in [0.4, 0.5) is 5.82 Å². The van der Waals surface area contributed by atoms with Gasteiger partial charge in [0.05, 0.1) is 42.3 Å². The molecular weight excluding hydrogens is 474 g/mol. The van der Waals surface area contributed by atoms with Crippen molar-refractivity contribution in [3.8, 4) is 11.8 Å². The molecule has 0 spiro atoms. The van der Waals surface area contributed by atoms with Crippen molar-refractivity contribution < 1.29 is 19.4 Å². The minimum Gasteiger partial charge on any atom is -0.480 e. The number of rotatable bonds is 7. The van der Waals surface area contributed by atoms with Crippen molar-refractivity contribution in [1.82, 2.24) is 30.6 Å². The van der Waals surface area contributed by atoms with Gasteiger partial charge in [-0.05, 0) is 31.4 Å². The number of hydrogen-bond acceptors (Lipinski definition) is 10. The van der Waals surface area contributed by atoms with Gasteiger partial charge in [-0.1, -0.05) is 11.6 Å². The van der Waals surface area contributed by atoms with E-state index >= 15 is 0 Å². The van der Waals surface area contributed by atoms with Crippen molar-refractivity contribution in [3.05, 3.63) is 40.8 Å². The molecule has 1 amide bonds. The van der Waals surface area contributed by atoms with Crippen LogP contribution in [0.5, 0.6) is 11.8 Å². The van der Waals surface area contributed by atoms with E-state index in [0.717, 1.165) is 23.9 Å². The molecule has 1 aromatic carbocycles. The quantitative estimate of drug-likeness (QED) is 0.378. The molecule has 1 fully saturated rings. The number of halogens is 1. The summed E-state index contributed by atoms with van der Waals surface area (Å²) in [6.07, 6.45) is 4.93. The Labute approximate surface area is 206 Å². The number of aromatic nitrogens is 4. The fraction of sp³-hybridized carbons (Fsp3) is 0.435. The lowest BCUT2D eigenvalue weighted by atomic mass is 9.88. The topological polar surface area (TPSA) is 143 Å². The summed E-state index contributed by atoms with van der Waals surface area (Å²) < 4.78 is 10.5. The highest BCUT2D eigenvalue weighted by Gasteiger charge is 2.29. The zero-order valence-corrected chi connectivity index (χ0v) is 19.9. The normalized spacial score (nSPS) is 21.8. The summed E-state index contributed by atoms with van der Waals surface area (Å²) in [7, 11) is 1.55. The molecule has 1 saturated carbocycles. The first-order valence-electron chi connectivity index (χ1n) is 11.4. The van der Waals surface area contributed by atoms with Crippen LogP contribution < -0.4 is 25.4 Å². The predicted octanol–water partition coefficient (Wildman–Crippen LogP) is 1.57. The van der Waals surface area contributed by atoms with Gasteiger partial charge in [-0.15, -0.1) is 0 Å². The monoisotopic (exact) mass is 499 g/mol. The van der Waals surface area contributed by atoms with Crippen LogP contribution in [0.2, 0.25) is 5.02 Å². The number of aliphatic hydroxyl groups is 1. The van der Waals surface area contributed by atoms with Gasteiger partial charge in [0.2, 0.25) is 5.88 Å². The summed E-state index contributed by atoms with van der Waals surface area (Å²) in [6, 6.07) is 3.69. The average Bonchev–Trinajstić information content (AvgIpc) is 2.87. The molecule has 0 unspecified atom stereocenters. The van der Waals surface area contributed by atoms with Gasteiger partial charge in [0.25, 0.3) is 11.8 Å². The van der Waals surface area contributed by atoms with Gasteiger partial charge in [0.15, 0.2) is 12.4 Å². The number of aliphatic hydroxyl groups excluding tert-OH is 1. The van der Waals surface area contributed by atoms with E-state index in [1.807, 2.05) is 6.07 Å². The molecule has 184 valence electrons. The van der Waals surface area contributed by atoms with E-state index in [4.69, 9.17) is 21.1 Å². The number of nitrogens with zero attached hydrogens (tertiary/aromatic N) is 4. The first-order chi connectivity index (χ1) is 17.0. The number of carbonyl (C=O) groups excluding carboxylic acids is 1. The first kappa shape index (κ1) is 23.6. The summed E-state index contributed by atoms with van der Waals surface area (Å²) in [5, 5.41) is 20.9. The smallest absolute Gasteiger partial charge is 0.263 e. The molecule has 1 aliphatic heterocycles. The van der Waals surface area contributed by atoms with Crippen LogP contribution in [0.15, 0.2) is 24.5 Å². The minimum absolute atomic E-state index is 0.0528. The average molecular weight is 500 g/mol. The van der Waals surface area contributed by atoms with Crippen LogP contribution in [0.25, 0.3) is 11.0 Å². The lowest BCUT2D eigenvalue weighted by Crippen LogP contribution is -2.48. The number of ether oxygens (including phenoxy) is 2. The van der Waals surface area contributed by atoms with Crippen molar-refractivity contribution in [3.63, 3.8) is 0 Å². The second kappa shape index (κ2) is 10.2. The molecule has 35 heavy (non-hydrogen) atoms. The van der Waals surface area contributed by atoms with Crippen LogP contribution in [0.1, 0.15) is 30.5 Å². The highest BCUT2D eigenvalue weighted by Crippen LogP contribution is 2.27. The van der Waals surface area contributed by atoms with E-state index < -0.39 is 6.10 Å². The maximum absolute atomic E-state index is 11.5. The van der Waals surface area contributed by atoms with E-state index in [-0.39, 0.29) is 24.6 Å². The third-order valence-electron chi connectivity index (χ3n) is 6.27. The maximum Gasteiger partial charge on any atom is 0.263 e. The van der Waals surface area contributed by atoms with Crippen molar-refractivity contribution >= 4 is 34.4 Å². The molecule has 12 heteroatoms. The molecule has 3 aromatic rings. The van der Waals surface area contributed by atoms with Crippen LogP contribution in [0, 0.1) is 0 Å². The maximum atomic E-state index is 11.5. The largest absolute Gasteiger partial charge is 0.480 e. The van der Waals surface area contributed by atoms with Crippen LogP contribution in [-0.2, 0) is 17.9 Å². The lowest BCUT2D eigenvalue weighted by Gasteiger charge is -2.34. The Morgan fingerprint density at radius 1 is 1.20 bits per heavy atom. The van der Waals surface area contributed by atoms with Crippen LogP contribution in [0.3, 0.4) is 0 Å². The van der Waals surface area contributed by atoms with E-state index in [2.05, 4.69) is 35.9 Å². The summed E-state index contributed by atoms with van der Waals surface area (Å²) in [5.41, 5.74) is 2.93. The van der Waals surface area contributed by atoms with E-state index in [1.165, 1.54) is 0 Å². The van der Waals surface area contributed by atoms with E-state index in [9.17, 15) is 9.90 Å². The Morgan fingerprint density at radius 2 is 2.09 bits per heavy atom. The Morgan fingerprint density at radius 3 is 2.91 bits per heavy atom. The lowest BCUT2D eigenvalue weighted by molar-refractivity contribution is -0.118. The number of amides is 1. The Hall–Kier alpha value is -3.12. The molecule has 3 atom stereocenters. The first-order valence-corrected chi connectivity index (χ1v) is 11.8. The molecule has 5 rings (SSSR count). The molecule has 3 heterocycles. The fourth-order valence-electron chi connectivity index (χ4n) is 4.40. The van der Waals surface area contributed by atoms with Gasteiger partial charge in [-0.2, -0.15) is 0 Å². The van der Waals surface area contributed by atoms with Crippen LogP contribution >= 0.6 is 11.6 Å². The van der Waals surface area contributed by atoms with E-state index in [1.54, 1.807) is 25.6 Å². The van der Waals surface area contributed by atoms with Crippen molar-refractivity contribution in [1.29, 1.82) is 0 Å². The zero-order chi connectivity index (χ0) is 24.4. The second-order valence-electron chi connectivity index (χ2n) is 8.60. The summed E-state index contributed by atoms with van der Waals surface area (Å²) in [5.74, 6) is 0.835. The molecule has 11 nitrogen and oxygen atoms in total. The van der Waals surface area contributed by atoms with Gasteiger partial charge >= 0.3 is 0 Å². The molecule has 4 N–H and O–H groups in total. The molecule has 0 radical (unpaired) electrons. The van der Waals surface area contributed by atoms with E-state index in [0.29, 0.717) is 53.3 Å². The number of nitrogens with one attached hydrogen (secondary N) is 3. The standard InChI is InChI=1S/C23H26ClN7O4/c1-34-20-10-27-17-5-3-15(24)14(21(17)31-20)9-26-16-4-2-12(6-18(16)32)25-7-13-8-28-23-22(29-13)30-19(33)11-35-23/h3,5,8,10,12,16,18,25-26,32H,2,4,6-7,9,11H2,1H3,(H,29,30,33)/t12-,16-,18+/m1/s1. The number of carbonyl (C=O) groups is 1. The zero-order valence-electron chi connectivity index (χ0n) is 19.1. The van der Waals surface area contributed by atoms with Gasteiger partial charge in [-0.25, -0.2) is 19.9 Å². The molecule has 0 saturated heterocycles. The third-order valence-corrected chi connectivity index (χ3v) is 6.62. The fourth-order valence-corrected chi connectivity index (χ4v) is 4.62. The molecule has 1 aliphatic carbocycles. The Kier molecular flexibility index (Phi) is 6.91. The Bertz CT molecular complexity index is 1240. The molecule has 2 aromatic heterocycles. The van der Waals surface area contributed by atoms with Crippen molar-refractivity contribution in [2.45, 2.75) is 50.5 Å². The number of anilines is 1. The predicted molar refractivity (Wildman–Crippen MR) is 128 cm³/mol. The highest BCUT2D eigenvalue weighted by molar-refractivity contribution is 6.32. The van der Waals surface area contributed by atoms with Gasteiger partial charge in [0.1, 0.15) is 0 Å².